The van der Waals surface area contributed by atoms with Gasteiger partial charge in [-0.15, -0.1) is 0 Å². The summed E-state index contributed by atoms with van der Waals surface area (Å²) in [5.41, 5.74) is 9.64. The van der Waals surface area contributed by atoms with Crippen LogP contribution in [0.5, 0.6) is 0 Å². The molecule has 0 amide bonds. The normalized spacial score (nSPS) is 10.8. The molecule has 0 saturated carbocycles. The van der Waals surface area contributed by atoms with Gasteiger partial charge in [-0.1, -0.05) is 41.4 Å². The number of hydrogen-bond acceptors (Lipinski definition) is 2. The second-order valence-electron chi connectivity index (χ2n) is 4.68. The van der Waals surface area contributed by atoms with Gasteiger partial charge in [-0.25, -0.2) is 4.98 Å². The number of rotatable bonds is 3. The Labute approximate surface area is 132 Å². The summed E-state index contributed by atoms with van der Waals surface area (Å²) in [6.45, 7) is 0.516. The fraction of sp³-hybridized carbons (Fsp3) is 0.0625. The molecule has 21 heavy (non-hydrogen) atoms. The molecule has 0 radical (unpaired) electrons. The zero-order valence-electron chi connectivity index (χ0n) is 11.1. The molecule has 5 heteroatoms. The van der Waals surface area contributed by atoms with E-state index in [0.29, 0.717) is 16.6 Å². The van der Waals surface area contributed by atoms with Crippen molar-refractivity contribution in [2.75, 3.05) is 0 Å². The fourth-order valence-electron chi connectivity index (χ4n) is 2.12. The largest absolute Gasteiger partial charge is 0.338 e. The van der Waals surface area contributed by atoms with Crippen LogP contribution in [0.2, 0.25) is 10.0 Å². The maximum atomic E-state index is 6.04. The minimum Gasteiger partial charge on any atom is -0.338 e. The van der Waals surface area contributed by atoms with Crippen LogP contribution >= 0.6 is 23.2 Å². The molecule has 3 N–H and O–H groups in total. The average molecular weight is 318 g/mol. The second-order valence-corrected chi connectivity index (χ2v) is 5.49. The van der Waals surface area contributed by atoms with Gasteiger partial charge in [0.25, 0.3) is 0 Å². The highest BCUT2D eigenvalue weighted by molar-refractivity contribution is 6.42. The quantitative estimate of drug-likeness (QED) is 0.746. The van der Waals surface area contributed by atoms with E-state index in [1.807, 2.05) is 30.3 Å². The highest BCUT2D eigenvalue weighted by atomic mass is 35.5. The third-order valence-corrected chi connectivity index (χ3v) is 3.98. The number of H-pyrrole nitrogens is 1. The third-order valence-electron chi connectivity index (χ3n) is 3.24. The predicted molar refractivity (Wildman–Crippen MR) is 87.4 cm³/mol. The van der Waals surface area contributed by atoms with E-state index in [1.165, 1.54) is 0 Å². The Balaban J connectivity index is 1.97. The molecule has 3 nitrogen and oxygen atoms in total. The molecule has 3 aromatic rings. The molecule has 1 aromatic heterocycles. The van der Waals surface area contributed by atoms with Crippen LogP contribution in [0.25, 0.3) is 22.6 Å². The topological polar surface area (TPSA) is 54.7 Å². The summed E-state index contributed by atoms with van der Waals surface area (Å²) in [4.78, 5) is 7.69. The summed E-state index contributed by atoms with van der Waals surface area (Å²) in [5, 5.41) is 1.04. The first-order valence-corrected chi connectivity index (χ1v) is 7.23. The number of imidazole rings is 1. The van der Waals surface area contributed by atoms with Gasteiger partial charge in [-0.3, -0.25) is 0 Å². The van der Waals surface area contributed by atoms with Gasteiger partial charge >= 0.3 is 0 Å². The van der Waals surface area contributed by atoms with E-state index in [2.05, 4.69) is 9.97 Å². The Kier molecular flexibility index (Phi) is 3.97. The summed E-state index contributed by atoms with van der Waals surface area (Å²) in [6.07, 6.45) is 1.80. The Hall–Kier alpha value is -1.81. The number of halogens is 2. The van der Waals surface area contributed by atoms with Crippen molar-refractivity contribution in [3.05, 3.63) is 64.3 Å². The van der Waals surface area contributed by atoms with Crippen molar-refractivity contribution in [2.24, 2.45) is 5.73 Å². The van der Waals surface area contributed by atoms with Gasteiger partial charge in [0.15, 0.2) is 0 Å². The molecule has 0 fully saturated rings. The minimum absolute atomic E-state index is 0.511. The van der Waals surface area contributed by atoms with Crippen molar-refractivity contribution in [3.8, 4) is 22.6 Å². The molecule has 3 rings (SSSR count). The van der Waals surface area contributed by atoms with Crippen molar-refractivity contribution < 1.29 is 0 Å². The standard InChI is InChI=1S/C16H13Cl2N3/c17-13-5-4-12(7-14(13)18)16-20-9-15(21-16)11-3-1-2-10(6-11)8-19/h1-7,9H,8,19H2,(H,20,21). The lowest BCUT2D eigenvalue weighted by molar-refractivity contribution is 1.07. The van der Waals surface area contributed by atoms with Gasteiger partial charge in [0.1, 0.15) is 5.82 Å². The SMILES string of the molecule is NCc1cccc(-c2cnc(-c3ccc(Cl)c(Cl)c3)[nH]2)c1. The van der Waals surface area contributed by atoms with Gasteiger partial charge < -0.3 is 10.7 Å². The van der Waals surface area contributed by atoms with E-state index in [1.54, 1.807) is 18.3 Å². The molecule has 0 atom stereocenters. The van der Waals surface area contributed by atoms with Crippen molar-refractivity contribution in [2.45, 2.75) is 6.54 Å². The zero-order valence-corrected chi connectivity index (χ0v) is 12.6. The minimum atomic E-state index is 0.511. The molecular formula is C16H13Cl2N3. The van der Waals surface area contributed by atoms with Crippen LogP contribution in [-0.2, 0) is 6.54 Å². The fourth-order valence-corrected chi connectivity index (χ4v) is 2.42. The third kappa shape index (κ3) is 2.95. The number of nitrogens with zero attached hydrogens (tertiary/aromatic N) is 1. The second kappa shape index (κ2) is 5.90. The highest BCUT2D eigenvalue weighted by Crippen LogP contribution is 2.28. The van der Waals surface area contributed by atoms with E-state index >= 15 is 0 Å². The Morgan fingerprint density at radius 2 is 1.86 bits per heavy atom. The van der Waals surface area contributed by atoms with Gasteiger partial charge in [0, 0.05) is 12.1 Å². The Morgan fingerprint density at radius 1 is 1.00 bits per heavy atom. The number of aromatic amines is 1. The molecule has 1 heterocycles. The molecule has 0 aliphatic heterocycles. The molecule has 2 aromatic carbocycles. The van der Waals surface area contributed by atoms with Gasteiger partial charge in [-0.2, -0.15) is 0 Å². The van der Waals surface area contributed by atoms with Crippen LogP contribution in [0, 0.1) is 0 Å². The monoisotopic (exact) mass is 317 g/mol. The summed E-state index contributed by atoms with van der Waals surface area (Å²) < 4.78 is 0. The van der Waals surface area contributed by atoms with E-state index in [0.717, 1.165) is 28.2 Å². The summed E-state index contributed by atoms with van der Waals surface area (Å²) in [6, 6.07) is 13.5. The van der Waals surface area contributed by atoms with Crippen molar-refractivity contribution in [1.82, 2.24) is 9.97 Å². The lowest BCUT2D eigenvalue weighted by Crippen LogP contribution is -1.95. The summed E-state index contributed by atoms with van der Waals surface area (Å²) in [7, 11) is 0. The van der Waals surface area contributed by atoms with E-state index < -0.39 is 0 Å². The molecule has 0 bridgehead atoms. The van der Waals surface area contributed by atoms with Crippen LogP contribution in [0.4, 0.5) is 0 Å². The predicted octanol–water partition coefficient (Wildman–Crippen LogP) is 4.51. The van der Waals surface area contributed by atoms with Crippen LogP contribution in [0.1, 0.15) is 5.56 Å². The molecule has 0 spiro atoms. The molecule has 0 unspecified atom stereocenters. The molecular weight excluding hydrogens is 305 g/mol. The lowest BCUT2D eigenvalue weighted by atomic mass is 10.1. The van der Waals surface area contributed by atoms with Gasteiger partial charge in [0.05, 0.1) is 21.9 Å². The first-order chi connectivity index (χ1) is 10.2. The maximum absolute atomic E-state index is 6.04. The molecule has 0 saturated heterocycles. The molecule has 0 aliphatic carbocycles. The smallest absolute Gasteiger partial charge is 0.137 e. The number of hydrogen-bond donors (Lipinski definition) is 2. The van der Waals surface area contributed by atoms with Crippen molar-refractivity contribution >= 4 is 23.2 Å². The first kappa shape index (κ1) is 14.1. The van der Waals surface area contributed by atoms with Crippen LogP contribution in [0.15, 0.2) is 48.7 Å². The maximum Gasteiger partial charge on any atom is 0.137 e. The van der Waals surface area contributed by atoms with Gasteiger partial charge in [0.2, 0.25) is 0 Å². The van der Waals surface area contributed by atoms with Crippen LogP contribution in [0.3, 0.4) is 0 Å². The number of nitrogens with two attached hydrogens (primary N) is 1. The van der Waals surface area contributed by atoms with Crippen molar-refractivity contribution in [1.29, 1.82) is 0 Å². The number of nitrogens with one attached hydrogen (secondary N) is 1. The summed E-state index contributed by atoms with van der Waals surface area (Å²) in [5.74, 6) is 0.752. The highest BCUT2D eigenvalue weighted by Gasteiger charge is 2.07. The van der Waals surface area contributed by atoms with E-state index in [9.17, 15) is 0 Å². The Bertz CT molecular complexity index is 781. The van der Waals surface area contributed by atoms with Gasteiger partial charge in [-0.05, 0) is 35.4 Å². The van der Waals surface area contributed by atoms with Crippen LogP contribution in [-0.4, -0.2) is 9.97 Å². The molecule has 0 aliphatic rings. The average Bonchev–Trinajstić information content (AvgIpc) is 3.00. The van der Waals surface area contributed by atoms with Crippen LogP contribution < -0.4 is 5.73 Å². The molecule has 106 valence electrons. The first-order valence-electron chi connectivity index (χ1n) is 6.47. The lowest BCUT2D eigenvalue weighted by Gasteiger charge is -2.02. The number of aromatic nitrogens is 2. The van der Waals surface area contributed by atoms with E-state index in [4.69, 9.17) is 28.9 Å². The van der Waals surface area contributed by atoms with Crippen molar-refractivity contribution in [3.63, 3.8) is 0 Å². The zero-order chi connectivity index (χ0) is 14.8. The van der Waals surface area contributed by atoms with E-state index in [-0.39, 0.29) is 0 Å². The summed E-state index contributed by atoms with van der Waals surface area (Å²) >= 11 is 12.0. The Morgan fingerprint density at radius 3 is 2.62 bits per heavy atom. The number of benzene rings is 2.